The van der Waals surface area contributed by atoms with Crippen molar-refractivity contribution in [3.05, 3.63) is 48.5 Å². The molecular formula is C13H11F2NO. The van der Waals surface area contributed by atoms with Gasteiger partial charge in [-0.25, -0.2) is 0 Å². The van der Waals surface area contributed by atoms with Gasteiger partial charge in [0.15, 0.2) is 0 Å². The van der Waals surface area contributed by atoms with Crippen LogP contribution in [0.4, 0.5) is 14.5 Å². The molecule has 0 aliphatic rings. The number of ether oxygens (including phenoxy) is 1. The molecule has 2 nitrogen and oxygen atoms in total. The molecule has 0 saturated carbocycles. The predicted octanol–water partition coefficient (Wildman–Crippen LogP) is 3.54. The van der Waals surface area contributed by atoms with E-state index in [1.807, 2.05) is 0 Å². The SMILES string of the molecule is Nc1cccc(-c2ccccc2OC(F)F)c1. The minimum atomic E-state index is -2.84. The normalized spacial score (nSPS) is 10.5. The third kappa shape index (κ3) is 2.72. The Balaban J connectivity index is 2.44. The van der Waals surface area contributed by atoms with Gasteiger partial charge >= 0.3 is 6.61 Å². The zero-order valence-corrected chi connectivity index (χ0v) is 8.94. The van der Waals surface area contributed by atoms with Crippen molar-refractivity contribution in [1.29, 1.82) is 0 Å². The Hall–Kier alpha value is -2.10. The summed E-state index contributed by atoms with van der Waals surface area (Å²) in [5.74, 6) is 0.146. The van der Waals surface area contributed by atoms with Crippen LogP contribution in [0.5, 0.6) is 5.75 Å². The summed E-state index contributed by atoms with van der Waals surface area (Å²) in [7, 11) is 0. The molecule has 0 amide bonds. The zero-order valence-electron chi connectivity index (χ0n) is 8.94. The third-order valence-electron chi connectivity index (χ3n) is 2.30. The van der Waals surface area contributed by atoms with Gasteiger partial charge in [0.2, 0.25) is 0 Å². The summed E-state index contributed by atoms with van der Waals surface area (Å²) in [5.41, 5.74) is 7.58. The van der Waals surface area contributed by atoms with Gasteiger partial charge < -0.3 is 10.5 Å². The van der Waals surface area contributed by atoms with Gasteiger partial charge in [-0.05, 0) is 23.8 Å². The second-order valence-electron chi connectivity index (χ2n) is 3.50. The van der Waals surface area contributed by atoms with Crippen LogP contribution in [0.15, 0.2) is 48.5 Å². The zero-order chi connectivity index (χ0) is 12.3. The summed E-state index contributed by atoms with van der Waals surface area (Å²) in [4.78, 5) is 0. The Labute approximate surface area is 97.6 Å². The fraction of sp³-hybridized carbons (Fsp3) is 0.0769. The van der Waals surface area contributed by atoms with Crippen LogP contribution in [0.2, 0.25) is 0 Å². The fourth-order valence-electron chi connectivity index (χ4n) is 1.61. The summed E-state index contributed by atoms with van der Waals surface area (Å²) in [5, 5.41) is 0. The van der Waals surface area contributed by atoms with Gasteiger partial charge in [-0.2, -0.15) is 8.78 Å². The number of nitrogen functional groups attached to an aromatic ring is 1. The molecule has 0 spiro atoms. The Bertz CT molecular complexity index is 514. The van der Waals surface area contributed by atoms with Crippen molar-refractivity contribution in [2.75, 3.05) is 5.73 Å². The Morgan fingerprint density at radius 2 is 1.76 bits per heavy atom. The lowest BCUT2D eigenvalue weighted by Gasteiger charge is -2.10. The predicted molar refractivity (Wildman–Crippen MR) is 62.9 cm³/mol. The van der Waals surface area contributed by atoms with E-state index in [0.29, 0.717) is 11.3 Å². The third-order valence-corrected chi connectivity index (χ3v) is 2.30. The number of alkyl halides is 2. The van der Waals surface area contributed by atoms with Crippen LogP contribution >= 0.6 is 0 Å². The number of benzene rings is 2. The lowest BCUT2D eigenvalue weighted by atomic mass is 10.0. The second-order valence-corrected chi connectivity index (χ2v) is 3.50. The Morgan fingerprint density at radius 3 is 2.47 bits per heavy atom. The fourth-order valence-corrected chi connectivity index (χ4v) is 1.61. The molecule has 0 aliphatic heterocycles. The van der Waals surface area contributed by atoms with Crippen molar-refractivity contribution < 1.29 is 13.5 Å². The molecule has 0 heterocycles. The molecule has 0 unspecified atom stereocenters. The number of para-hydroxylation sites is 1. The Morgan fingerprint density at radius 1 is 1.00 bits per heavy atom. The van der Waals surface area contributed by atoms with Crippen LogP contribution in [0, 0.1) is 0 Å². The molecule has 2 rings (SSSR count). The second kappa shape index (κ2) is 4.82. The van der Waals surface area contributed by atoms with Crippen LogP contribution in [-0.2, 0) is 0 Å². The number of anilines is 1. The molecule has 0 bridgehead atoms. The average molecular weight is 235 g/mol. The molecule has 0 atom stereocenters. The highest BCUT2D eigenvalue weighted by Gasteiger charge is 2.10. The quantitative estimate of drug-likeness (QED) is 0.826. The smallest absolute Gasteiger partial charge is 0.387 e. The van der Waals surface area contributed by atoms with Crippen molar-refractivity contribution in [3.8, 4) is 16.9 Å². The van der Waals surface area contributed by atoms with E-state index in [2.05, 4.69) is 4.74 Å². The van der Waals surface area contributed by atoms with Gasteiger partial charge in [0.05, 0.1) is 0 Å². The van der Waals surface area contributed by atoms with Crippen LogP contribution in [-0.4, -0.2) is 6.61 Å². The van der Waals surface area contributed by atoms with Gasteiger partial charge in [-0.3, -0.25) is 0 Å². The van der Waals surface area contributed by atoms with E-state index in [-0.39, 0.29) is 5.75 Å². The molecule has 0 aromatic heterocycles. The summed E-state index contributed by atoms with van der Waals surface area (Å²) in [6.07, 6.45) is 0. The van der Waals surface area contributed by atoms with Crippen molar-refractivity contribution in [3.63, 3.8) is 0 Å². The molecule has 2 aromatic rings. The lowest BCUT2D eigenvalue weighted by molar-refractivity contribution is -0.0494. The van der Waals surface area contributed by atoms with Crippen LogP contribution in [0.3, 0.4) is 0 Å². The average Bonchev–Trinajstić information content (AvgIpc) is 2.29. The maximum absolute atomic E-state index is 12.2. The monoisotopic (exact) mass is 235 g/mol. The van der Waals surface area contributed by atoms with E-state index in [0.717, 1.165) is 5.56 Å². The van der Waals surface area contributed by atoms with Crippen molar-refractivity contribution >= 4 is 5.69 Å². The molecule has 2 aromatic carbocycles. The van der Waals surface area contributed by atoms with Gasteiger partial charge in [0.1, 0.15) is 5.75 Å². The first-order valence-electron chi connectivity index (χ1n) is 5.06. The minimum Gasteiger partial charge on any atom is -0.434 e. The van der Waals surface area contributed by atoms with Crippen LogP contribution in [0.1, 0.15) is 0 Å². The summed E-state index contributed by atoms with van der Waals surface area (Å²) in [6.45, 7) is -2.84. The van der Waals surface area contributed by atoms with E-state index < -0.39 is 6.61 Å². The number of hydrogen-bond acceptors (Lipinski definition) is 2. The van der Waals surface area contributed by atoms with E-state index in [1.54, 1.807) is 42.5 Å². The van der Waals surface area contributed by atoms with Crippen molar-refractivity contribution in [2.45, 2.75) is 6.61 Å². The maximum Gasteiger partial charge on any atom is 0.387 e. The number of hydrogen-bond donors (Lipinski definition) is 1. The Kier molecular flexibility index (Phi) is 3.23. The van der Waals surface area contributed by atoms with Gasteiger partial charge in [0, 0.05) is 11.3 Å². The molecular weight excluding hydrogens is 224 g/mol. The first-order valence-corrected chi connectivity index (χ1v) is 5.06. The highest BCUT2D eigenvalue weighted by Crippen LogP contribution is 2.31. The number of halogens is 2. The molecule has 2 N–H and O–H groups in total. The minimum absolute atomic E-state index is 0.146. The van der Waals surface area contributed by atoms with Crippen molar-refractivity contribution in [1.82, 2.24) is 0 Å². The van der Waals surface area contributed by atoms with E-state index in [9.17, 15) is 8.78 Å². The van der Waals surface area contributed by atoms with Gasteiger partial charge in [-0.15, -0.1) is 0 Å². The highest BCUT2D eigenvalue weighted by atomic mass is 19.3. The van der Waals surface area contributed by atoms with Crippen molar-refractivity contribution in [2.24, 2.45) is 0 Å². The molecule has 0 saturated heterocycles. The number of nitrogens with two attached hydrogens (primary N) is 1. The van der Waals surface area contributed by atoms with Gasteiger partial charge in [0.25, 0.3) is 0 Å². The molecule has 88 valence electrons. The molecule has 17 heavy (non-hydrogen) atoms. The van der Waals surface area contributed by atoms with E-state index in [1.165, 1.54) is 6.07 Å². The molecule has 0 aliphatic carbocycles. The summed E-state index contributed by atoms with van der Waals surface area (Å²) in [6, 6.07) is 13.6. The summed E-state index contributed by atoms with van der Waals surface area (Å²) >= 11 is 0. The van der Waals surface area contributed by atoms with E-state index in [4.69, 9.17) is 5.73 Å². The lowest BCUT2D eigenvalue weighted by Crippen LogP contribution is -2.03. The topological polar surface area (TPSA) is 35.2 Å². The highest BCUT2D eigenvalue weighted by molar-refractivity contribution is 5.72. The van der Waals surface area contributed by atoms with Gasteiger partial charge in [-0.1, -0.05) is 30.3 Å². The number of rotatable bonds is 3. The van der Waals surface area contributed by atoms with E-state index >= 15 is 0 Å². The standard InChI is InChI=1S/C13H11F2NO/c14-13(15)17-12-7-2-1-6-11(12)9-4-3-5-10(16)8-9/h1-8,13H,16H2. The first kappa shape index (κ1) is 11.4. The molecule has 0 radical (unpaired) electrons. The van der Waals surface area contributed by atoms with Crippen LogP contribution < -0.4 is 10.5 Å². The largest absolute Gasteiger partial charge is 0.434 e. The maximum atomic E-state index is 12.2. The summed E-state index contributed by atoms with van der Waals surface area (Å²) < 4.78 is 29.0. The molecule has 4 heteroatoms. The first-order chi connectivity index (χ1) is 8.16. The molecule has 0 fully saturated rings. The van der Waals surface area contributed by atoms with Crippen LogP contribution in [0.25, 0.3) is 11.1 Å².